The molecule has 0 saturated carbocycles. The summed E-state index contributed by atoms with van der Waals surface area (Å²) in [5.41, 5.74) is 2.59. The Labute approximate surface area is 159 Å². The van der Waals surface area contributed by atoms with Crippen LogP contribution in [0.15, 0.2) is 47.6 Å². The topological polar surface area (TPSA) is 82.6 Å². The lowest BCUT2D eigenvalue weighted by atomic mass is 10.1. The van der Waals surface area contributed by atoms with Crippen molar-refractivity contribution in [3.63, 3.8) is 0 Å². The van der Waals surface area contributed by atoms with Gasteiger partial charge in [0.1, 0.15) is 0 Å². The van der Waals surface area contributed by atoms with Crippen molar-refractivity contribution in [2.45, 2.75) is 24.3 Å². The summed E-state index contributed by atoms with van der Waals surface area (Å²) in [5, 5.41) is 3.27. The number of nitrogens with zero attached hydrogens (tertiary/aromatic N) is 3. The highest BCUT2D eigenvalue weighted by Crippen LogP contribution is 2.33. The predicted molar refractivity (Wildman–Crippen MR) is 102 cm³/mol. The molecule has 0 aliphatic carbocycles. The van der Waals surface area contributed by atoms with E-state index in [1.165, 1.54) is 6.92 Å². The molecule has 7 nitrogen and oxygen atoms in total. The number of nitrogens with one attached hydrogen (secondary N) is 1. The normalized spacial score (nSPS) is 20.5. The maximum absolute atomic E-state index is 13.4. The summed E-state index contributed by atoms with van der Waals surface area (Å²) < 4.78 is 28.3. The third-order valence-corrected chi connectivity index (χ3v) is 7.10. The number of carbonyl (C=O) groups excluding carboxylic acids is 1. The number of hydrogen-bond donors (Lipinski definition) is 1. The first-order valence-corrected chi connectivity index (χ1v) is 10.5. The second-order valence-electron chi connectivity index (χ2n) is 6.83. The second kappa shape index (κ2) is 7.03. The first-order valence-electron chi connectivity index (χ1n) is 9.02. The van der Waals surface area contributed by atoms with E-state index in [4.69, 9.17) is 0 Å². The van der Waals surface area contributed by atoms with Crippen LogP contribution in [0.25, 0.3) is 0 Å². The molecule has 0 spiro atoms. The first-order chi connectivity index (χ1) is 13.0. The van der Waals surface area contributed by atoms with Gasteiger partial charge in [-0.25, -0.2) is 8.42 Å². The minimum Gasteiger partial charge on any atom is -0.313 e. The quantitative estimate of drug-likeness (QED) is 0.860. The molecule has 0 bridgehead atoms. The Bertz CT molecular complexity index is 962. The predicted octanol–water partition coefficient (Wildman–Crippen LogP) is 1.33. The van der Waals surface area contributed by atoms with Crippen molar-refractivity contribution in [2.24, 2.45) is 0 Å². The molecule has 1 aromatic heterocycles. The summed E-state index contributed by atoms with van der Waals surface area (Å²) in [7, 11) is -3.66. The molecule has 2 aromatic rings. The van der Waals surface area contributed by atoms with Crippen LogP contribution in [0.3, 0.4) is 0 Å². The van der Waals surface area contributed by atoms with Crippen LogP contribution in [0.4, 0.5) is 5.69 Å². The maximum Gasteiger partial charge on any atom is 0.243 e. The van der Waals surface area contributed by atoms with E-state index in [1.807, 2.05) is 12.1 Å². The molecular weight excluding hydrogens is 364 g/mol. The van der Waals surface area contributed by atoms with Crippen LogP contribution in [-0.2, 0) is 21.2 Å². The number of rotatable bonds is 3. The second-order valence-corrected chi connectivity index (χ2v) is 8.72. The van der Waals surface area contributed by atoms with Crippen molar-refractivity contribution < 1.29 is 13.2 Å². The van der Waals surface area contributed by atoms with E-state index in [2.05, 4.69) is 10.3 Å². The lowest BCUT2D eigenvalue weighted by molar-refractivity contribution is -0.116. The van der Waals surface area contributed by atoms with E-state index in [9.17, 15) is 13.2 Å². The Morgan fingerprint density at radius 3 is 2.85 bits per heavy atom. The van der Waals surface area contributed by atoms with Crippen LogP contribution < -0.4 is 10.2 Å². The van der Waals surface area contributed by atoms with Gasteiger partial charge in [0.15, 0.2) is 0 Å². The van der Waals surface area contributed by atoms with E-state index < -0.39 is 10.0 Å². The van der Waals surface area contributed by atoms with Crippen LogP contribution in [0, 0.1) is 0 Å². The zero-order valence-electron chi connectivity index (χ0n) is 15.1. The summed E-state index contributed by atoms with van der Waals surface area (Å²) in [4.78, 5) is 17.8. The number of anilines is 1. The molecule has 0 radical (unpaired) electrons. The number of sulfonamides is 1. The molecule has 27 heavy (non-hydrogen) atoms. The fraction of sp³-hybridized carbons (Fsp3) is 0.368. The van der Waals surface area contributed by atoms with Crippen molar-refractivity contribution in [3.05, 3.63) is 53.9 Å². The fourth-order valence-electron chi connectivity index (χ4n) is 3.83. The third kappa shape index (κ3) is 3.24. The lowest BCUT2D eigenvalue weighted by Crippen LogP contribution is -2.48. The Morgan fingerprint density at radius 1 is 1.26 bits per heavy atom. The molecule has 1 unspecified atom stereocenters. The maximum atomic E-state index is 13.4. The number of carbonyl (C=O) groups is 1. The molecule has 3 heterocycles. The molecule has 1 saturated heterocycles. The average molecular weight is 386 g/mol. The first kappa shape index (κ1) is 18.1. The smallest absolute Gasteiger partial charge is 0.243 e. The number of aromatic nitrogens is 1. The number of hydrogen-bond acceptors (Lipinski definition) is 5. The number of amides is 1. The van der Waals surface area contributed by atoms with E-state index in [0.717, 1.165) is 16.8 Å². The van der Waals surface area contributed by atoms with E-state index >= 15 is 0 Å². The van der Waals surface area contributed by atoms with Crippen LogP contribution in [0.2, 0.25) is 0 Å². The molecule has 4 rings (SSSR count). The van der Waals surface area contributed by atoms with Crippen molar-refractivity contribution in [2.75, 3.05) is 31.1 Å². The van der Waals surface area contributed by atoms with Gasteiger partial charge in [-0.05, 0) is 41.8 Å². The molecule has 8 heteroatoms. The lowest BCUT2D eigenvalue weighted by Gasteiger charge is -2.35. The Hall–Kier alpha value is -2.29. The fourth-order valence-corrected chi connectivity index (χ4v) is 5.50. The van der Waals surface area contributed by atoms with Gasteiger partial charge in [0, 0.05) is 51.2 Å². The van der Waals surface area contributed by atoms with Crippen LogP contribution in [0.1, 0.15) is 24.1 Å². The molecular formula is C19H22N4O3S. The molecule has 142 valence electrons. The highest BCUT2D eigenvalue weighted by Gasteiger charge is 2.35. The zero-order chi connectivity index (χ0) is 19.0. The number of pyridine rings is 1. The molecule has 1 aromatic carbocycles. The molecule has 1 atom stereocenters. The van der Waals surface area contributed by atoms with E-state index in [0.29, 0.717) is 32.6 Å². The van der Waals surface area contributed by atoms with Gasteiger partial charge in [0.05, 0.1) is 10.9 Å². The molecule has 2 aliphatic rings. The monoisotopic (exact) mass is 386 g/mol. The van der Waals surface area contributed by atoms with Gasteiger partial charge in [-0.1, -0.05) is 6.07 Å². The zero-order valence-corrected chi connectivity index (χ0v) is 15.9. The van der Waals surface area contributed by atoms with Crippen molar-refractivity contribution >= 4 is 21.6 Å². The summed E-state index contributed by atoms with van der Waals surface area (Å²) in [6.45, 7) is 3.69. The summed E-state index contributed by atoms with van der Waals surface area (Å²) >= 11 is 0. The van der Waals surface area contributed by atoms with E-state index in [-0.39, 0.29) is 16.8 Å². The van der Waals surface area contributed by atoms with Crippen LogP contribution in [-0.4, -0.2) is 49.8 Å². The molecule has 2 aliphatic heterocycles. The number of benzene rings is 1. The SMILES string of the molecule is CC(=O)N1CCc2cc(S(=O)(=O)N3CCNCC3c3cccnc3)ccc21. The standard InChI is InChI=1S/C19H22N4O3S/c1-14(24)22-9-6-15-11-17(4-5-18(15)22)27(25,26)23-10-8-21-13-19(23)16-3-2-7-20-12-16/h2-5,7,11-12,19,21H,6,8-10,13H2,1H3. The van der Waals surface area contributed by atoms with Crippen molar-refractivity contribution in [3.8, 4) is 0 Å². The molecule has 1 fully saturated rings. The Morgan fingerprint density at radius 2 is 2.11 bits per heavy atom. The van der Waals surface area contributed by atoms with Gasteiger partial charge in [-0.2, -0.15) is 4.31 Å². The summed E-state index contributed by atoms with van der Waals surface area (Å²) in [6, 6.07) is 8.51. The van der Waals surface area contributed by atoms with Crippen LogP contribution in [0.5, 0.6) is 0 Å². The van der Waals surface area contributed by atoms with Gasteiger partial charge in [-0.15, -0.1) is 0 Å². The van der Waals surface area contributed by atoms with Gasteiger partial charge < -0.3 is 10.2 Å². The Balaban J connectivity index is 1.69. The highest BCUT2D eigenvalue weighted by atomic mass is 32.2. The van der Waals surface area contributed by atoms with Crippen molar-refractivity contribution in [1.82, 2.24) is 14.6 Å². The van der Waals surface area contributed by atoms with Gasteiger partial charge in [-0.3, -0.25) is 9.78 Å². The molecule has 1 amide bonds. The number of fused-ring (bicyclic) bond motifs is 1. The van der Waals surface area contributed by atoms with Crippen LogP contribution >= 0.6 is 0 Å². The largest absolute Gasteiger partial charge is 0.313 e. The number of piperazine rings is 1. The minimum atomic E-state index is -3.66. The minimum absolute atomic E-state index is 0.0249. The third-order valence-electron chi connectivity index (χ3n) is 5.20. The average Bonchev–Trinajstić information content (AvgIpc) is 3.12. The Kier molecular flexibility index (Phi) is 4.71. The highest BCUT2D eigenvalue weighted by molar-refractivity contribution is 7.89. The van der Waals surface area contributed by atoms with E-state index in [1.54, 1.807) is 39.8 Å². The van der Waals surface area contributed by atoms with Gasteiger partial charge in [0.2, 0.25) is 15.9 Å². The van der Waals surface area contributed by atoms with Gasteiger partial charge >= 0.3 is 0 Å². The molecule has 1 N–H and O–H groups in total. The summed E-state index contributed by atoms with van der Waals surface area (Å²) in [6.07, 6.45) is 4.07. The van der Waals surface area contributed by atoms with Crippen molar-refractivity contribution in [1.29, 1.82) is 0 Å². The van der Waals surface area contributed by atoms with Gasteiger partial charge in [0.25, 0.3) is 0 Å². The summed E-state index contributed by atoms with van der Waals surface area (Å²) in [5.74, 6) is -0.0249.